The fourth-order valence-electron chi connectivity index (χ4n) is 6.05. The van der Waals surface area contributed by atoms with Gasteiger partial charge < -0.3 is 24.3 Å². The van der Waals surface area contributed by atoms with Gasteiger partial charge in [0.15, 0.2) is 5.11 Å². The van der Waals surface area contributed by atoms with Gasteiger partial charge in [0.2, 0.25) is 0 Å². The molecule has 39 heavy (non-hydrogen) atoms. The normalized spacial score (nSPS) is 19.4. The molecule has 0 spiro atoms. The number of nitrogens with one attached hydrogen (secondary N) is 1. The molecular weight excluding hydrogens is 504 g/mol. The first-order chi connectivity index (χ1) is 19.0. The number of methoxy groups -OCH3 is 1. The van der Waals surface area contributed by atoms with E-state index < -0.39 is 0 Å². The molecule has 2 aliphatic rings. The molecule has 7 heteroatoms. The van der Waals surface area contributed by atoms with E-state index in [9.17, 15) is 0 Å². The SMILES string of the molecule is COc1ccc(-n2c(C)cc([C@@H]3[C@@H](c4ccccn4)NC(=S)N3c3ccc(OC4CCCC4)cc3)c2C)cc1. The number of nitrogens with zero attached hydrogens (tertiary/aromatic N) is 3. The third-order valence-electron chi connectivity index (χ3n) is 7.94. The summed E-state index contributed by atoms with van der Waals surface area (Å²) < 4.78 is 13.9. The Balaban J connectivity index is 1.40. The molecule has 2 fully saturated rings. The Morgan fingerprint density at radius 3 is 2.26 bits per heavy atom. The summed E-state index contributed by atoms with van der Waals surface area (Å²) in [6.07, 6.45) is 6.95. The molecule has 0 unspecified atom stereocenters. The summed E-state index contributed by atoms with van der Waals surface area (Å²) in [7, 11) is 1.69. The minimum atomic E-state index is -0.0991. The van der Waals surface area contributed by atoms with Crippen molar-refractivity contribution in [3.8, 4) is 17.2 Å². The number of ether oxygens (including phenoxy) is 2. The van der Waals surface area contributed by atoms with E-state index in [1.54, 1.807) is 7.11 Å². The summed E-state index contributed by atoms with van der Waals surface area (Å²) in [6.45, 7) is 4.33. The number of hydrogen-bond donors (Lipinski definition) is 1. The number of aryl methyl sites for hydroxylation is 1. The number of benzene rings is 2. The summed E-state index contributed by atoms with van der Waals surface area (Å²) >= 11 is 5.96. The molecule has 3 heterocycles. The molecule has 0 amide bonds. The fraction of sp³-hybridized carbons (Fsp3) is 0.312. The van der Waals surface area contributed by atoms with E-state index in [0.717, 1.165) is 47.1 Å². The molecule has 1 N–H and O–H groups in total. The molecule has 1 saturated heterocycles. The molecule has 1 aliphatic heterocycles. The highest BCUT2D eigenvalue weighted by atomic mass is 32.1. The number of aromatic nitrogens is 2. The van der Waals surface area contributed by atoms with Crippen LogP contribution in [0.3, 0.4) is 0 Å². The minimum absolute atomic E-state index is 0.0767. The lowest BCUT2D eigenvalue weighted by molar-refractivity contribution is 0.210. The lowest BCUT2D eigenvalue weighted by atomic mass is 9.96. The summed E-state index contributed by atoms with van der Waals surface area (Å²) in [5.41, 5.74) is 6.62. The van der Waals surface area contributed by atoms with Crippen LogP contribution in [0.4, 0.5) is 5.69 Å². The molecule has 2 aromatic carbocycles. The Bertz CT molecular complexity index is 1440. The van der Waals surface area contributed by atoms with E-state index in [-0.39, 0.29) is 12.1 Å². The quantitative estimate of drug-likeness (QED) is 0.256. The van der Waals surface area contributed by atoms with Gasteiger partial charge in [0, 0.05) is 29.0 Å². The monoisotopic (exact) mass is 538 g/mol. The van der Waals surface area contributed by atoms with Gasteiger partial charge in [-0.2, -0.15) is 0 Å². The Labute approximate surface area is 235 Å². The van der Waals surface area contributed by atoms with Gasteiger partial charge in [0.1, 0.15) is 11.5 Å². The number of thiocarbonyl (C=S) groups is 1. The first-order valence-corrected chi connectivity index (χ1v) is 14.0. The van der Waals surface area contributed by atoms with Gasteiger partial charge in [0.05, 0.1) is 31.0 Å². The molecule has 1 aliphatic carbocycles. The van der Waals surface area contributed by atoms with Crippen molar-refractivity contribution in [1.82, 2.24) is 14.9 Å². The molecule has 2 aromatic heterocycles. The lowest BCUT2D eigenvalue weighted by Gasteiger charge is -2.28. The minimum Gasteiger partial charge on any atom is -0.497 e. The van der Waals surface area contributed by atoms with Crippen LogP contribution >= 0.6 is 12.2 Å². The predicted molar refractivity (Wildman–Crippen MR) is 159 cm³/mol. The van der Waals surface area contributed by atoms with Crippen LogP contribution in [-0.2, 0) is 0 Å². The fourth-order valence-corrected chi connectivity index (χ4v) is 6.39. The first-order valence-electron chi connectivity index (χ1n) is 13.6. The second kappa shape index (κ2) is 10.7. The Kier molecular flexibility index (Phi) is 7.00. The van der Waals surface area contributed by atoms with Crippen molar-refractivity contribution < 1.29 is 9.47 Å². The van der Waals surface area contributed by atoms with E-state index in [1.807, 2.05) is 30.5 Å². The van der Waals surface area contributed by atoms with E-state index in [0.29, 0.717) is 11.2 Å². The van der Waals surface area contributed by atoms with Crippen molar-refractivity contribution in [2.75, 3.05) is 12.0 Å². The lowest BCUT2D eigenvalue weighted by Crippen LogP contribution is -2.29. The summed E-state index contributed by atoms with van der Waals surface area (Å²) in [5, 5.41) is 4.28. The number of hydrogen-bond acceptors (Lipinski definition) is 4. The summed E-state index contributed by atoms with van der Waals surface area (Å²) in [6, 6.07) is 24.7. The number of anilines is 1. The number of rotatable bonds is 7. The zero-order valence-electron chi connectivity index (χ0n) is 22.6. The van der Waals surface area contributed by atoms with Gasteiger partial charge in [-0.1, -0.05) is 6.07 Å². The molecule has 0 radical (unpaired) electrons. The predicted octanol–water partition coefficient (Wildman–Crippen LogP) is 7.00. The molecule has 4 aromatic rings. The first kappa shape index (κ1) is 25.4. The molecular formula is C32H34N4O2S. The van der Waals surface area contributed by atoms with E-state index in [2.05, 4.69) is 77.2 Å². The third-order valence-corrected chi connectivity index (χ3v) is 8.25. The molecule has 0 bridgehead atoms. The van der Waals surface area contributed by atoms with Crippen LogP contribution in [0.15, 0.2) is 79.0 Å². The average Bonchev–Trinajstić information content (AvgIpc) is 3.67. The van der Waals surface area contributed by atoms with Crippen molar-refractivity contribution in [3.63, 3.8) is 0 Å². The summed E-state index contributed by atoms with van der Waals surface area (Å²) in [5.74, 6) is 1.76. The van der Waals surface area contributed by atoms with E-state index in [4.69, 9.17) is 26.7 Å². The zero-order valence-corrected chi connectivity index (χ0v) is 23.4. The second-order valence-corrected chi connectivity index (χ2v) is 10.8. The van der Waals surface area contributed by atoms with Crippen molar-refractivity contribution in [2.24, 2.45) is 0 Å². The maximum Gasteiger partial charge on any atom is 0.174 e. The molecule has 6 rings (SSSR count). The molecule has 2 atom stereocenters. The Morgan fingerprint density at radius 1 is 0.897 bits per heavy atom. The zero-order chi connectivity index (χ0) is 26.9. The van der Waals surface area contributed by atoms with Gasteiger partial charge in [-0.25, -0.2) is 0 Å². The van der Waals surface area contributed by atoms with Crippen molar-refractivity contribution in [1.29, 1.82) is 0 Å². The standard InChI is InChI=1S/C32H34N4O2S/c1-21-20-28(22(2)35(21)23-11-15-25(37-3)16-12-23)31-30(29-10-6-7-19-33-29)34-32(39)36(31)24-13-17-27(18-14-24)38-26-8-4-5-9-26/h6-7,10-20,26,30-31H,4-5,8-9H2,1-3H3,(H,34,39)/t30-,31-/m1/s1. The maximum absolute atomic E-state index is 6.24. The highest BCUT2D eigenvalue weighted by Gasteiger charge is 2.42. The second-order valence-electron chi connectivity index (χ2n) is 10.4. The van der Waals surface area contributed by atoms with Crippen LogP contribution in [0.25, 0.3) is 5.69 Å². The van der Waals surface area contributed by atoms with E-state index >= 15 is 0 Å². The Hall–Kier alpha value is -3.84. The Morgan fingerprint density at radius 2 is 1.59 bits per heavy atom. The van der Waals surface area contributed by atoms with Crippen LogP contribution < -0.4 is 19.7 Å². The van der Waals surface area contributed by atoms with Gasteiger partial charge in [0.25, 0.3) is 0 Å². The molecule has 1 saturated carbocycles. The van der Waals surface area contributed by atoms with Crippen molar-refractivity contribution in [3.05, 3.63) is 102 Å². The smallest absolute Gasteiger partial charge is 0.174 e. The van der Waals surface area contributed by atoms with Crippen LogP contribution in [0.1, 0.15) is 60.4 Å². The van der Waals surface area contributed by atoms with Gasteiger partial charge in [-0.05, 0) is 124 Å². The van der Waals surface area contributed by atoms with Gasteiger partial charge >= 0.3 is 0 Å². The molecule has 6 nitrogen and oxygen atoms in total. The van der Waals surface area contributed by atoms with Crippen LogP contribution in [0, 0.1) is 13.8 Å². The largest absolute Gasteiger partial charge is 0.497 e. The third kappa shape index (κ3) is 4.87. The van der Waals surface area contributed by atoms with Gasteiger partial charge in [-0.15, -0.1) is 0 Å². The summed E-state index contributed by atoms with van der Waals surface area (Å²) in [4.78, 5) is 6.95. The van der Waals surface area contributed by atoms with E-state index in [1.165, 1.54) is 24.1 Å². The van der Waals surface area contributed by atoms with Gasteiger partial charge in [-0.3, -0.25) is 4.98 Å². The van der Waals surface area contributed by atoms with Crippen LogP contribution in [0.5, 0.6) is 11.5 Å². The number of pyridine rings is 1. The molecule has 200 valence electrons. The average molecular weight is 539 g/mol. The van der Waals surface area contributed by atoms with Crippen molar-refractivity contribution in [2.45, 2.75) is 57.7 Å². The topological polar surface area (TPSA) is 51.5 Å². The highest BCUT2D eigenvalue weighted by molar-refractivity contribution is 7.80. The van der Waals surface area contributed by atoms with Crippen LogP contribution in [-0.4, -0.2) is 27.9 Å². The van der Waals surface area contributed by atoms with Crippen molar-refractivity contribution >= 4 is 23.0 Å². The maximum atomic E-state index is 6.24. The van der Waals surface area contributed by atoms with Crippen LogP contribution in [0.2, 0.25) is 0 Å². The highest BCUT2D eigenvalue weighted by Crippen LogP contribution is 2.44.